The summed E-state index contributed by atoms with van der Waals surface area (Å²) in [5.74, 6) is 0.549. The zero-order valence-corrected chi connectivity index (χ0v) is 14.7. The number of aromatic nitrogens is 3. The van der Waals surface area contributed by atoms with Gasteiger partial charge in [-0.05, 0) is 37.6 Å². The van der Waals surface area contributed by atoms with Gasteiger partial charge in [-0.15, -0.1) is 0 Å². The average Bonchev–Trinajstić information content (AvgIpc) is 2.92. The Morgan fingerprint density at radius 2 is 1.96 bits per heavy atom. The Balaban J connectivity index is 1.89. The van der Waals surface area contributed by atoms with Crippen molar-refractivity contribution in [1.29, 1.82) is 0 Å². The van der Waals surface area contributed by atoms with Crippen LogP contribution in [0.15, 0.2) is 42.7 Å². The third-order valence-corrected chi connectivity index (χ3v) is 4.88. The van der Waals surface area contributed by atoms with Crippen molar-refractivity contribution in [2.24, 2.45) is 0 Å². The van der Waals surface area contributed by atoms with E-state index in [1.807, 2.05) is 44.2 Å². The van der Waals surface area contributed by atoms with Gasteiger partial charge in [0, 0.05) is 30.3 Å². The molecular weight excluding hydrogens is 336 g/mol. The van der Waals surface area contributed by atoms with Crippen molar-refractivity contribution < 1.29 is 4.79 Å². The summed E-state index contributed by atoms with van der Waals surface area (Å²) in [7, 11) is 0. The van der Waals surface area contributed by atoms with E-state index >= 15 is 0 Å². The number of pyridine rings is 1. The number of anilines is 1. The topological polar surface area (TPSA) is 59.8 Å². The molecule has 2 aromatic heterocycles. The molecule has 0 aliphatic carbocycles. The smallest absolute Gasteiger partial charge is 0.226 e. The summed E-state index contributed by atoms with van der Waals surface area (Å²) in [5.41, 5.74) is 4.88. The SMILES string of the molecule is Cc1ccc(-n2nc(C)c3c2NC(=O)CC3c2ccncc2Cl)cc1. The third-order valence-electron chi connectivity index (χ3n) is 4.56. The molecule has 1 aliphatic heterocycles. The van der Waals surface area contributed by atoms with Gasteiger partial charge in [-0.25, -0.2) is 4.68 Å². The maximum absolute atomic E-state index is 12.4. The fraction of sp³-hybridized carbons (Fsp3) is 0.211. The number of carbonyl (C=O) groups excluding carboxylic acids is 1. The van der Waals surface area contributed by atoms with Gasteiger partial charge in [0.05, 0.1) is 16.4 Å². The summed E-state index contributed by atoms with van der Waals surface area (Å²) < 4.78 is 1.79. The minimum absolute atomic E-state index is 0.0429. The molecule has 126 valence electrons. The Hall–Kier alpha value is -2.66. The van der Waals surface area contributed by atoms with Gasteiger partial charge in [-0.1, -0.05) is 29.3 Å². The number of hydrogen-bond donors (Lipinski definition) is 1. The van der Waals surface area contributed by atoms with Crippen molar-refractivity contribution in [1.82, 2.24) is 14.8 Å². The molecule has 1 unspecified atom stereocenters. The quantitative estimate of drug-likeness (QED) is 0.758. The highest BCUT2D eigenvalue weighted by Crippen LogP contribution is 2.41. The van der Waals surface area contributed by atoms with E-state index < -0.39 is 0 Å². The molecule has 4 rings (SSSR count). The number of carbonyl (C=O) groups is 1. The number of hydrogen-bond acceptors (Lipinski definition) is 3. The summed E-state index contributed by atoms with van der Waals surface area (Å²) in [6, 6.07) is 9.92. The van der Waals surface area contributed by atoms with Gasteiger partial charge in [0.2, 0.25) is 5.91 Å². The molecule has 1 amide bonds. The van der Waals surface area contributed by atoms with E-state index in [1.165, 1.54) is 5.56 Å². The minimum atomic E-state index is -0.126. The first-order chi connectivity index (χ1) is 12.0. The first-order valence-electron chi connectivity index (χ1n) is 8.10. The lowest BCUT2D eigenvalue weighted by Crippen LogP contribution is -2.25. The van der Waals surface area contributed by atoms with E-state index in [2.05, 4.69) is 15.4 Å². The molecule has 0 saturated carbocycles. The van der Waals surface area contributed by atoms with E-state index in [4.69, 9.17) is 11.6 Å². The zero-order valence-electron chi connectivity index (χ0n) is 14.0. The highest BCUT2D eigenvalue weighted by molar-refractivity contribution is 6.31. The number of aryl methyl sites for hydroxylation is 2. The standard InChI is InChI=1S/C19H17ClN4O/c1-11-3-5-13(6-4-11)24-19-18(12(2)23-24)15(9-17(25)22-19)14-7-8-21-10-16(14)20/h3-8,10,15H,9H2,1-2H3,(H,22,25). The van der Waals surface area contributed by atoms with Crippen molar-refractivity contribution >= 4 is 23.3 Å². The van der Waals surface area contributed by atoms with Crippen LogP contribution in [0.4, 0.5) is 5.82 Å². The molecular formula is C19H17ClN4O. The lowest BCUT2D eigenvalue weighted by molar-refractivity contribution is -0.116. The Morgan fingerprint density at radius 1 is 1.20 bits per heavy atom. The molecule has 0 bridgehead atoms. The van der Waals surface area contributed by atoms with Crippen LogP contribution in [0.2, 0.25) is 5.02 Å². The Morgan fingerprint density at radius 3 is 2.68 bits per heavy atom. The second-order valence-corrected chi connectivity index (χ2v) is 6.70. The second kappa shape index (κ2) is 6.01. The van der Waals surface area contributed by atoms with Crippen LogP contribution < -0.4 is 5.32 Å². The molecule has 1 N–H and O–H groups in total. The van der Waals surface area contributed by atoms with Gasteiger partial charge in [-0.2, -0.15) is 5.10 Å². The number of halogens is 1. The maximum atomic E-state index is 12.4. The average molecular weight is 353 g/mol. The van der Waals surface area contributed by atoms with Crippen LogP contribution in [0.1, 0.15) is 34.7 Å². The predicted molar refractivity (Wildman–Crippen MR) is 97.4 cm³/mol. The van der Waals surface area contributed by atoms with Gasteiger partial charge in [0.1, 0.15) is 5.82 Å². The van der Waals surface area contributed by atoms with Gasteiger partial charge < -0.3 is 5.32 Å². The maximum Gasteiger partial charge on any atom is 0.226 e. The van der Waals surface area contributed by atoms with Crippen LogP contribution in [0.5, 0.6) is 0 Å². The number of nitrogens with one attached hydrogen (secondary N) is 1. The molecule has 0 spiro atoms. The van der Waals surface area contributed by atoms with E-state index in [0.717, 1.165) is 28.3 Å². The van der Waals surface area contributed by atoms with Crippen molar-refractivity contribution in [3.8, 4) is 5.69 Å². The molecule has 25 heavy (non-hydrogen) atoms. The first kappa shape index (κ1) is 15.8. The summed E-state index contributed by atoms with van der Waals surface area (Å²) >= 11 is 6.34. The lowest BCUT2D eigenvalue weighted by atomic mass is 9.86. The van der Waals surface area contributed by atoms with E-state index in [0.29, 0.717) is 11.4 Å². The predicted octanol–water partition coefficient (Wildman–Crippen LogP) is 4.01. The molecule has 5 nitrogen and oxygen atoms in total. The minimum Gasteiger partial charge on any atom is -0.310 e. The fourth-order valence-electron chi connectivity index (χ4n) is 3.35. The van der Waals surface area contributed by atoms with Crippen molar-refractivity contribution in [2.45, 2.75) is 26.2 Å². The second-order valence-electron chi connectivity index (χ2n) is 6.30. The number of rotatable bonds is 2. The third kappa shape index (κ3) is 2.70. The van der Waals surface area contributed by atoms with Crippen LogP contribution in [0, 0.1) is 13.8 Å². The molecule has 0 fully saturated rings. The van der Waals surface area contributed by atoms with Crippen molar-refractivity contribution in [2.75, 3.05) is 5.32 Å². The highest BCUT2D eigenvalue weighted by Gasteiger charge is 2.33. The normalized spacial score (nSPS) is 16.4. The largest absolute Gasteiger partial charge is 0.310 e. The number of benzene rings is 1. The summed E-state index contributed by atoms with van der Waals surface area (Å²) in [6.07, 6.45) is 3.66. The highest BCUT2D eigenvalue weighted by atomic mass is 35.5. The summed E-state index contributed by atoms with van der Waals surface area (Å²) in [4.78, 5) is 16.4. The molecule has 3 aromatic rings. The first-order valence-corrected chi connectivity index (χ1v) is 8.48. The molecule has 1 atom stereocenters. The molecule has 3 heterocycles. The van der Waals surface area contributed by atoms with Gasteiger partial charge >= 0.3 is 0 Å². The van der Waals surface area contributed by atoms with Crippen LogP contribution >= 0.6 is 11.6 Å². The lowest BCUT2D eigenvalue weighted by Gasteiger charge is -2.25. The Labute approximate surface area is 150 Å². The molecule has 6 heteroatoms. The summed E-state index contributed by atoms with van der Waals surface area (Å²) in [6.45, 7) is 4.00. The van der Waals surface area contributed by atoms with Crippen LogP contribution in [-0.4, -0.2) is 20.7 Å². The van der Waals surface area contributed by atoms with Gasteiger partial charge in [0.25, 0.3) is 0 Å². The van der Waals surface area contributed by atoms with Crippen molar-refractivity contribution in [3.05, 3.63) is 70.1 Å². The molecule has 1 aliphatic rings. The zero-order chi connectivity index (χ0) is 17.6. The van der Waals surface area contributed by atoms with Crippen LogP contribution in [0.25, 0.3) is 5.69 Å². The molecule has 0 saturated heterocycles. The Kier molecular flexibility index (Phi) is 3.81. The van der Waals surface area contributed by atoms with Crippen LogP contribution in [0.3, 0.4) is 0 Å². The van der Waals surface area contributed by atoms with Gasteiger partial charge in [0.15, 0.2) is 0 Å². The van der Waals surface area contributed by atoms with E-state index in [9.17, 15) is 4.79 Å². The monoisotopic (exact) mass is 352 g/mol. The van der Waals surface area contributed by atoms with Gasteiger partial charge in [-0.3, -0.25) is 9.78 Å². The Bertz CT molecular complexity index is 962. The van der Waals surface area contributed by atoms with Crippen molar-refractivity contribution in [3.63, 3.8) is 0 Å². The van der Waals surface area contributed by atoms with E-state index in [-0.39, 0.29) is 11.8 Å². The summed E-state index contributed by atoms with van der Waals surface area (Å²) in [5, 5.41) is 8.23. The van der Waals surface area contributed by atoms with E-state index in [1.54, 1.807) is 17.1 Å². The fourth-order valence-corrected chi connectivity index (χ4v) is 3.61. The number of amides is 1. The number of nitrogens with zero attached hydrogens (tertiary/aromatic N) is 3. The van der Waals surface area contributed by atoms with Crippen LogP contribution in [-0.2, 0) is 4.79 Å². The molecule has 1 aromatic carbocycles. The molecule has 0 radical (unpaired) electrons. The number of fused-ring (bicyclic) bond motifs is 1.